The van der Waals surface area contributed by atoms with Crippen molar-refractivity contribution in [2.24, 2.45) is 0 Å². The van der Waals surface area contributed by atoms with Crippen molar-refractivity contribution in [1.82, 2.24) is 9.78 Å². The molecule has 0 unspecified atom stereocenters. The minimum Gasteiger partial charge on any atom is -0.198 e. The molecule has 0 atom stereocenters. The molecule has 7 heteroatoms. The predicted octanol–water partition coefficient (Wildman–Crippen LogP) is 2.59. The van der Waals surface area contributed by atoms with E-state index in [-0.39, 0.29) is 21.5 Å². The van der Waals surface area contributed by atoms with Gasteiger partial charge in [0.1, 0.15) is 5.03 Å². The summed E-state index contributed by atoms with van der Waals surface area (Å²) in [7, 11) is 0. The lowest BCUT2D eigenvalue weighted by Gasteiger charge is -2.03. The number of rotatable bonds is 3. The average molecular weight is 200 g/mol. The predicted molar refractivity (Wildman–Crippen MR) is 35.3 cm³/mol. The fourth-order valence-corrected chi connectivity index (χ4v) is 1.19. The number of aromatic nitrogens is 2. The van der Waals surface area contributed by atoms with Crippen molar-refractivity contribution in [2.75, 3.05) is 0 Å². The van der Waals surface area contributed by atoms with E-state index < -0.39 is 12.3 Å². The summed E-state index contributed by atoms with van der Waals surface area (Å²) in [5, 5.41) is 2.95. The van der Waals surface area contributed by atoms with Gasteiger partial charge in [-0.2, -0.15) is 27.3 Å². The largest absolute Gasteiger partial charge is 0.334 e. The van der Waals surface area contributed by atoms with Gasteiger partial charge in [0, 0.05) is 0 Å². The van der Waals surface area contributed by atoms with Gasteiger partial charge < -0.3 is 0 Å². The molecule has 0 aromatic carbocycles. The van der Waals surface area contributed by atoms with Crippen molar-refractivity contribution in [1.29, 1.82) is 0 Å². The van der Waals surface area contributed by atoms with Crippen LogP contribution in [0.4, 0.5) is 17.6 Å². The van der Waals surface area contributed by atoms with Crippen LogP contribution in [0.25, 0.3) is 0 Å². The number of hydrogen-bond acceptors (Lipinski definition) is 2. The monoisotopic (exact) mass is 200 g/mol. The molecule has 0 bridgehead atoms. The van der Waals surface area contributed by atoms with E-state index in [0.717, 1.165) is 12.3 Å². The highest BCUT2D eigenvalue weighted by atomic mass is 32.2. The maximum Gasteiger partial charge on any atom is 0.334 e. The molecule has 1 rings (SSSR count). The quantitative estimate of drug-likeness (QED) is 0.551. The van der Waals surface area contributed by atoms with Crippen molar-refractivity contribution < 1.29 is 17.6 Å². The standard InChI is InChI=1S/C5H4F4N2S/c6-4(7)11-3(1-2-10-11)12-5(8)9/h1-2,4-5H. The maximum absolute atomic E-state index is 12.0. The molecule has 0 fully saturated rings. The van der Waals surface area contributed by atoms with Crippen LogP contribution in [-0.2, 0) is 0 Å². The number of thioether (sulfide) groups is 1. The Balaban J connectivity index is 2.77. The van der Waals surface area contributed by atoms with E-state index in [1.54, 1.807) is 0 Å². The molecule has 0 aliphatic heterocycles. The van der Waals surface area contributed by atoms with E-state index in [2.05, 4.69) is 5.10 Å². The molecule has 2 nitrogen and oxygen atoms in total. The van der Waals surface area contributed by atoms with E-state index in [9.17, 15) is 17.6 Å². The highest BCUT2D eigenvalue weighted by Crippen LogP contribution is 2.27. The number of halogens is 4. The van der Waals surface area contributed by atoms with Gasteiger partial charge in [-0.25, -0.2) is 0 Å². The summed E-state index contributed by atoms with van der Waals surface area (Å²) in [6, 6.07) is 1.11. The van der Waals surface area contributed by atoms with E-state index in [0.29, 0.717) is 0 Å². The second kappa shape index (κ2) is 3.79. The summed E-state index contributed by atoms with van der Waals surface area (Å²) < 4.78 is 47.6. The molecule has 0 saturated carbocycles. The summed E-state index contributed by atoms with van der Waals surface area (Å²) in [6.45, 7) is -2.87. The Morgan fingerprint density at radius 3 is 2.50 bits per heavy atom. The first kappa shape index (κ1) is 9.37. The average Bonchev–Trinajstić information content (AvgIpc) is 2.33. The lowest BCUT2D eigenvalue weighted by Crippen LogP contribution is -2.02. The molecule has 68 valence electrons. The van der Waals surface area contributed by atoms with Crippen molar-refractivity contribution in [3.8, 4) is 0 Å². The summed E-state index contributed by atoms with van der Waals surface area (Å²) in [5.74, 6) is -2.71. The molecule has 1 aromatic rings. The molecule has 12 heavy (non-hydrogen) atoms. The van der Waals surface area contributed by atoms with E-state index in [1.165, 1.54) is 0 Å². The Labute approximate surface area is 69.6 Å². The van der Waals surface area contributed by atoms with Gasteiger partial charge in [0.15, 0.2) is 0 Å². The maximum atomic E-state index is 12.0. The molecule has 1 aromatic heterocycles. The van der Waals surface area contributed by atoms with Gasteiger partial charge in [-0.15, -0.1) is 0 Å². The Morgan fingerprint density at radius 1 is 1.33 bits per heavy atom. The smallest absolute Gasteiger partial charge is 0.198 e. The van der Waals surface area contributed by atoms with Crippen molar-refractivity contribution in [3.05, 3.63) is 12.3 Å². The molecular formula is C5H4F4N2S. The van der Waals surface area contributed by atoms with Gasteiger partial charge in [0.05, 0.1) is 6.20 Å². The molecule has 0 aliphatic carbocycles. The number of hydrogen-bond donors (Lipinski definition) is 0. The van der Waals surface area contributed by atoms with Gasteiger partial charge in [-0.1, -0.05) is 0 Å². The van der Waals surface area contributed by atoms with Gasteiger partial charge >= 0.3 is 6.55 Å². The normalized spacial score (nSPS) is 11.5. The Hall–Kier alpha value is -0.720. The minimum absolute atomic E-state index is 0.0472. The summed E-state index contributed by atoms with van der Waals surface area (Å²) in [6.07, 6.45) is 1.05. The van der Waals surface area contributed by atoms with Crippen LogP contribution in [0, 0.1) is 0 Å². The summed E-state index contributed by atoms with van der Waals surface area (Å²) in [4.78, 5) is 0. The minimum atomic E-state index is -2.87. The molecule has 0 saturated heterocycles. The molecule has 0 spiro atoms. The van der Waals surface area contributed by atoms with Crippen LogP contribution < -0.4 is 0 Å². The lowest BCUT2D eigenvalue weighted by atomic mass is 10.7. The van der Waals surface area contributed by atoms with Crippen LogP contribution in [0.3, 0.4) is 0 Å². The van der Waals surface area contributed by atoms with Crippen LogP contribution in [0.2, 0.25) is 0 Å². The van der Waals surface area contributed by atoms with Gasteiger partial charge in [0.2, 0.25) is 0 Å². The van der Waals surface area contributed by atoms with Crippen LogP contribution in [0.1, 0.15) is 6.55 Å². The van der Waals surface area contributed by atoms with E-state index in [4.69, 9.17) is 0 Å². The number of nitrogens with zero attached hydrogens (tertiary/aromatic N) is 2. The van der Waals surface area contributed by atoms with Crippen LogP contribution in [0.5, 0.6) is 0 Å². The highest BCUT2D eigenvalue weighted by Gasteiger charge is 2.15. The van der Waals surface area contributed by atoms with Gasteiger partial charge in [-0.05, 0) is 17.8 Å². The van der Waals surface area contributed by atoms with Crippen LogP contribution in [-0.4, -0.2) is 15.5 Å². The second-order valence-corrected chi connectivity index (χ2v) is 2.78. The molecule has 0 N–H and O–H groups in total. The third kappa shape index (κ3) is 2.13. The highest BCUT2D eigenvalue weighted by molar-refractivity contribution is 7.99. The SMILES string of the molecule is FC(F)Sc1ccnn1C(F)F. The summed E-state index contributed by atoms with van der Waals surface area (Å²) >= 11 is 0.0472. The molecule has 0 radical (unpaired) electrons. The zero-order valence-electron chi connectivity index (χ0n) is 5.62. The molecule has 1 heterocycles. The Bertz CT molecular complexity index is 249. The first-order valence-electron chi connectivity index (χ1n) is 2.87. The van der Waals surface area contributed by atoms with Crippen molar-refractivity contribution >= 4 is 11.8 Å². The molecule has 0 amide bonds. The third-order valence-corrected chi connectivity index (χ3v) is 1.77. The Kier molecular flexibility index (Phi) is 2.96. The van der Waals surface area contributed by atoms with E-state index >= 15 is 0 Å². The zero-order chi connectivity index (χ0) is 9.14. The van der Waals surface area contributed by atoms with Crippen LogP contribution in [0.15, 0.2) is 17.3 Å². The van der Waals surface area contributed by atoms with Crippen molar-refractivity contribution in [2.45, 2.75) is 17.3 Å². The Morgan fingerprint density at radius 2 is 2.00 bits per heavy atom. The lowest BCUT2D eigenvalue weighted by molar-refractivity contribution is 0.0472. The van der Waals surface area contributed by atoms with Gasteiger partial charge in [-0.3, -0.25) is 0 Å². The number of alkyl halides is 4. The van der Waals surface area contributed by atoms with Crippen molar-refractivity contribution in [3.63, 3.8) is 0 Å². The topological polar surface area (TPSA) is 17.8 Å². The van der Waals surface area contributed by atoms with Crippen LogP contribution >= 0.6 is 11.8 Å². The third-order valence-electron chi connectivity index (χ3n) is 1.03. The zero-order valence-corrected chi connectivity index (χ0v) is 6.44. The molecular weight excluding hydrogens is 196 g/mol. The van der Waals surface area contributed by atoms with Gasteiger partial charge in [0.25, 0.3) is 5.76 Å². The molecule has 0 aliphatic rings. The fraction of sp³-hybridized carbons (Fsp3) is 0.400. The second-order valence-electron chi connectivity index (χ2n) is 1.77. The fourth-order valence-electron chi connectivity index (χ4n) is 0.633. The first-order valence-corrected chi connectivity index (χ1v) is 3.75. The van der Waals surface area contributed by atoms with E-state index in [1.807, 2.05) is 0 Å². The first-order chi connectivity index (χ1) is 5.61. The summed E-state index contributed by atoms with van der Waals surface area (Å²) in [5.41, 5.74) is 0.